The molecule has 3 rings (SSSR count). The first-order valence-corrected chi connectivity index (χ1v) is 11.4. The standard InChI is InChI=1S/C21H26ClN3O3S/c1-24(2)29(27,28)18-9-10-20(25-11-4-3-5-12-25)19(14-18)21(26)23-15-16-7-6-8-17(22)13-16/h6-10,13-14H,3-5,11-12,15H2,1-2H3,(H,23,26). The first-order valence-electron chi connectivity index (χ1n) is 9.63. The highest BCUT2D eigenvalue weighted by atomic mass is 35.5. The zero-order valence-electron chi connectivity index (χ0n) is 16.7. The van der Waals surface area contributed by atoms with Crippen LogP contribution >= 0.6 is 11.6 Å². The largest absolute Gasteiger partial charge is 0.371 e. The molecular formula is C21H26ClN3O3S. The molecule has 0 bridgehead atoms. The second-order valence-electron chi connectivity index (χ2n) is 7.33. The summed E-state index contributed by atoms with van der Waals surface area (Å²) < 4.78 is 26.3. The van der Waals surface area contributed by atoms with Gasteiger partial charge in [0.25, 0.3) is 5.91 Å². The summed E-state index contributed by atoms with van der Waals surface area (Å²) in [5.41, 5.74) is 2.02. The van der Waals surface area contributed by atoms with E-state index in [0.29, 0.717) is 17.1 Å². The van der Waals surface area contributed by atoms with Gasteiger partial charge in [0.15, 0.2) is 0 Å². The molecule has 1 amide bonds. The van der Waals surface area contributed by atoms with E-state index in [1.54, 1.807) is 24.3 Å². The van der Waals surface area contributed by atoms with Gasteiger partial charge in [0.05, 0.1) is 10.5 Å². The SMILES string of the molecule is CN(C)S(=O)(=O)c1ccc(N2CCCCC2)c(C(=O)NCc2cccc(Cl)c2)c1. The third-order valence-corrected chi connectivity index (χ3v) is 7.08. The molecule has 156 valence electrons. The summed E-state index contributed by atoms with van der Waals surface area (Å²) in [6.45, 7) is 2.02. The zero-order valence-corrected chi connectivity index (χ0v) is 18.3. The van der Waals surface area contributed by atoms with E-state index in [4.69, 9.17) is 11.6 Å². The summed E-state index contributed by atoms with van der Waals surface area (Å²) in [6.07, 6.45) is 3.28. The van der Waals surface area contributed by atoms with E-state index < -0.39 is 10.0 Å². The van der Waals surface area contributed by atoms with E-state index >= 15 is 0 Å². The van der Waals surface area contributed by atoms with Crippen LogP contribution in [0.25, 0.3) is 0 Å². The van der Waals surface area contributed by atoms with Crippen LogP contribution in [-0.4, -0.2) is 45.8 Å². The maximum Gasteiger partial charge on any atom is 0.253 e. The summed E-state index contributed by atoms with van der Waals surface area (Å²) in [7, 11) is -0.678. The molecule has 0 atom stereocenters. The minimum atomic E-state index is -3.64. The molecule has 1 N–H and O–H groups in total. The number of benzene rings is 2. The Bertz CT molecular complexity index is 986. The lowest BCUT2D eigenvalue weighted by molar-refractivity contribution is 0.0951. The molecule has 0 aromatic heterocycles. The van der Waals surface area contributed by atoms with E-state index in [9.17, 15) is 13.2 Å². The molecule has 1 heterocycles. The fourth-order valence-corrected chi connectivity index (χ4v) is 4.54. The Morgan fingerprint density at radius 3 is 2.48 bits per heavy atom. The number of amides is 1. The number of anilines is 1. The van der Waals surface area contributed by atoms with Crippen molar-refractivity contribution in [2.24, 2.45) is 0 Å². The molecule has 0 spiro atoms. The van der Waals surface area contributed by atoms with Crippen LogP contribution in [0.1, 0.15) is 35.2 Å². The van der Waals surface area contributed by atoms with Gasteiger partial charge in [-0.1, -0.05) is 23.7 Å². The Morgan fingerprint density at radius 1 is 1.10 bits per heavy atom. The number of nitrogens with one attached hydrogen (secondary N) is 1. The van der Waals surface area contributed by atoms with Crippen LogP contribution in [-0.2, 0) is 16.6 Å². The first-order chi connectivity index (χ1) is 13.8. The number of piperidine rings is 1. The van der Waals surface area contributed by atoms with Crippen LogP contribution in [0.5, 0.6) is 0 Å². The van der Waals surface area contributed by atoms with Gasteiger partial charge in [-0.25, -0.2) is 12.7 Å². The second-order valence-corrected chi connectivity index (χ2v) is 9.91. The number of rotatable bonds is 6. The number of carbonyl (C=O) groups is 1. The van der Waals surface area contributed by atoms with Gasteiger partial charge in [-0.05, 0) is 55.2 Å². The highest BCUT2D eigenvalue weighted by molar-refractivity contribution is 7.89. The molecule has 1 aliphatic rings. The minimum Gasteiger partial charge on any atom is -0.371 e. The van der Waals surface area contributed by atoms with Gasteiger partial charge in [0.1, 0.15) is 0 Å². The van der Waals surface area contributed by atoms with Crippen molar-refractivity contribution in [1.29, 1.82) is 0 Å². The lowest BCUT2D eigenvalue weighted by Gasteiger charge is -2.30. The molecule has 0 saturated carbocycles. The number of nitrogens with zero attached hydrogens (tertiary/aromatic N) is 2. The number of hydrogen-bond donors (Lipinski definition) is 1. The fourth-order valence-electron chi connectivity index (χ4n) is 3.40. The van der Waals surface area contributed by atoms with Crippen molar-refractivity contribution >= 4 is 33.2 Å². The second kappa shape index (κ2) is 9.15. The van der Waals surface area contributed by atoms with Crippen molar-refractivity contribution < 1.29 is 13.2 Å². The van der Waals surface area contributed by atoms with Gasteiger partial charge in [-0.2, -0.15) is 0 Å². The van der Waals surface area contributed by atoms with E-state index in [0.717, 1.165) is 41.5 Å². The Labute approximate surface area is 177 Å². The van der Waals surface area contributed by atoms with Crippen molar-refractivity contribution in [2.45, 2.75) is 30.7 Å². The summed E-state index contributed by atoms with van der Waals surface area (Å²) in [5, 5.41) is 3.50. The number of sulfonamides is 1. The van der Waals surface area contributed by atoms with Crippen LogP contribution in [0.2, 0.25) is 5.02 Å². The van der Waals surface area contributed by atoms with Crippen LogP contribution in [0.4, 0.5) is 5.69 Å². The summed E-state index contributed by atoms with van der Waals surface area (Å²) in [5.74, 6) is -0.304. The predicted octanol–water partition coefficient (Wildman–Crippen LogP) is 3.51. The van der Waals surface area contributed by atoms with E-state index in [-0.39, 0.29) is 10.8 Å². The van der Waals surface area contributed by atoms with Crippen LogP contribution in [0.3, 0.4) is 0 Å². The molecule has 1 saturated heterocycles. The third-order valence-electron chi connectivity index (χ3n) is 5.03. The molecule has 6 nitrogen and oxygen atoms in total. The van der Waals surface area contributed by atoms with Crippen LogP contribution < -0.4 is 10.2 Å². The van der Waals surface area contributed by atoms with Crippen molar-refractivity contribution in [3.05, 3.63) is 58.6 Å². The molecule has 29 heavy (non-hydrogen) atoms. The summed E-state index contributed by atoms with van der Waals surface area (Å²) >= 11 is 6.01. The molecular weight excluding hydrogens is 410 g/mol. The van der Waals surface area contributed by atoms with Gasteiger partial charge in [0, 0.05) is 44.4 Å². The highest BCUT2D eigenvalue weighted by Gasteiger charge is 2.24. The zero-order chi connectivity index (χ0) is 21.0. The minimum absolute atomic E-state index is 0.108. The quantitative estimate of drug-likeness (QED) is 0.753. The highest BCUT2D eigenvalue weighted by Crippen LogP contribution is 2.28. The fraction of sp³-hybridized carbons (Fsp3) is 0.381. The molecule has 1 aliphatic heterocycles. The average Bonchev–Trinajstić information content (AvgIpc) is 2.72. The van der Waals surface area contributed by atoms with Gasteiger partial charge < -0.3 is 10.2 Å². The number of carbonyl (C=O) groups excluding carboxylic acids is 1. The van der Waals surface area contributed by atoms with Gasteiger partial charge in [0.2, 0.25) is 10.0 Å². The topological polar surface area (TPSA) is 69.7 Å². The number of hydrogen-bond acceptors (Lipinski definition) is 4. The molecule has 0 radical (unpaired) electrons. The van der Waals surface area contributed by atoms with Crippen molar-refractivity contribution in [3.63, 3.8) is 0 Å². The molecule has 0 aliphatic carbocycles. The average molecular weight is 436 g/mol. The maximum atomic E-state index is 13.0. The molecule has 8 heteroatoms. The molecule has 1 fully saturated rings. The third kappa shape index (κ3) is 5.10. The van der Waals surface area contributed by atoms with Gasteiger partial charge in [-0.15, -0.1) is 0 Å². The van der Waals surface area contributed by atoms with Crippen molar-refractivity contribution in [3.8, 4) is 0 Å². The Morgan fingerprint density at radius 2 is 1.83 bits per heavy atom. The molecule has 2 aromatic rings. The van der Waals surface area contributed by atoms with Crippen LogP contribution in [0.15, 0.2) is 47.4 Å². The Balaban J connectivity index is 1.92. The van der Waals surface area contributed by atoms with E-state index in [2.05, 4.69) is 10.2 Å². The number of halogens is 1. The molecule has 0 unspecified atom stereocenters. The predicted molar refractivity (Wildman–Crippen MR) is 116 cm³/mol. The van der Waals surface area contributed by atoms with Crippen LogP contribution in [0, 0.1) is 0 Å². The van der Waals surface area contributed by atoms with E-state index in [1.807, 2.05) is 12.1 Å². The van der Waals surface area contributed by atoms with E-state index in [1.165, 1.54) is 26.6 Å². The van der Waals surface area contributed by atoms with Crippen molar-refractivity contribution in [2.75, 3.05) is 32.1 Å². The summed E-state index contributed by atoms with van der Waals surface area (Å²) in [4.78, 5) is 15.3. The lowest BCUT2D eigenvalue weighted by atomic mass is 10.1. The first kappa shape index (κ1) is 21.6. The monoisotopic (exact) mass is 435 g/mol. The lowest BCUT2D eigenvalue weighted by Crippen LogP contribution is -2.33. The smallest absolute Gasteiger partial charge is 0.253 e. The normalized spacial score (nSPS) is 14.8. The van der Waals surface area contributed by atoms with Gasteiger partial charge >= 0.3 is 0 Å². The van der Waals surface area contributed by atoms with Crippen molar-refractivity contribution in [1.82, 2.24) is 9.62 Å². The van der Waals surface area contributed by atoms with Gasteiger partial charge in [-0.3, -0.25) is 4.79 Å². The maximum absolute atomic E-state index is 13.0. The summed E-state index contributed by atoms with van der Waals surface area (Å²) in [6, 6.07) is 12.1. The molecule has 2 aromatic carbocycles. The Kier molecular flexibility index (Phi) is 6.82. The Hall–Kier alpha value is -2.09.